The molecule has 1 aromatic carbocycles. The fourth-order valence-electron chi connectivity index (χ4n) is 2.62. The highest BCUT2D eigenvalue weighted by atomic mass is 32.2. The molecule has 1 aliphatic rings. The van der Waals surface area contributed by atoms with Crippen molar-refractivity contribution in [3.8, 4) is 0 Å². The lowest BCUT2D eigenvalue weighted by atomic mass is 10.2. The van der Waals surface area contributed by atoms with Crippen LogP contribution in [0.3, 0.4) is 0 Å². The van der Waals surface area contributed by atoms with Gasteiger partial charge in [-0.2, -0.15) is 11.8 Å². The minimum absolute atomic E-state index is 0.00406. The van der Waals surface area contributed by atoms with E-state index in [0.717, 1.165) is 38.2 Å². The number of nitrogens with two attached hydrogens (primary N) is 1. The summed E-state index contributed by atoms with van der Waals surface area (Å²) in [5.41, 5.74) is 7.22. The number of hydrogen-bond donors (Lipinski definition) is 2. The third-order valence-electron chi connectivity index (χ3n) is 3.84. The van der Waals surface area contributed by atoms with E-state index in [1.807, 2.05) is 12.3 Å². The molecular formula is C16H25N3OS. The van der Waals surface area contributed by atoms with Gasteiger partial charge in [-0.1, -0.05) is 30.3 Å². The normalized spacial score (nSPS) is 20.4. The van der Waals surface area contributed by atoms with E-state index in [-0.39, 0.29) is 18.0 Å². The van der Waals surface area contributed by atoms with Gasteiger partial charge in [-0.25, -0.2) is 0 Å². The van der Waals surface area contributed by atoms with Gasteiger partial charge in [0.2, 0.25) is 5.91 Å². The second kappa shape index (κ2) is 8.41. The minimum atomic E-state index is -0.374. The number of carbonyl (C=O) groups is 1. The maximum atomic E-state index is 12.0. The quantitative estimate of drug-likeness (QED) is 0.801. The summed E-state index contributed by atoms with van der Waals surface area (Å²) in [5.74, 6) is 0.926. The second-order valence-electron chi connectivity index (χ2n) is 5.60. The topological polar surface area (TPSA) is 58.4 Å². The smallest absolute Gasteiger partial charge is 0.237 e. The van der Waals surface area contributed by atoms with Crippen LogP contribution in [0, 0.1) is 0 Å². The van der Waals surface area contributed by atoms with Gasteiger partial charge in [0.25, 0.3) is 0 Å². The van der Waals surface area contributed by atoms with Crippen LogP contribution < -0.4 is 11.1 Å². The maximum Gasteiger partial charge on any atom is 0.237 e. The molecule has 0 bridgehead atoms. The van der Waals surface area contributed by atoms with Gasteiger partial charge in [0.1, 0.15) is 0 Å². The summed E-state index contributed by atoms with van der Waals surface area (Å²) in [6.07, 6.45) is 3.78. The van der Waals surface area contributed by atoms with E-state index in [4.69, 9.17) is 5.73 Å². The van der Waals surface area contributed by atoms with E-state index in [2.05, 4.69) is 34.5 Å². The number of thioether (sulfide) groups is 1. The number of amides is 1. The molecule has 0 aromatic heterocycles. The average Bonchev–Trinajstić information content (AvgIpc) is 2.92. The van der Waals surface area contributed by atoms with Gasteiger partial charge in [-0.3, -0.25) is 9.69 Å². The first kappa shape index (κ1) is 16.3. The number of hydrogen-bond acceptors (Lipinski definition) is 4. The molecule has 1 heterocycles. The van der Waals surface area contributed by atoms with Crippen LogP contribution in [0.2, 0.25) is 0 Å². The summed E-state index contributed by atoms with van der Waals surface area (Å²) in [5, 5.41) is 3.09. The highest BCUT2D eigenvalue weighted by Gasteiger charge is 2.25. The predicted molar refractivity (Wildman–Crippen MR) is 89.2 cm³/mol. The molecule has 0 spiro atoms. The molecule has 2 rings (SSSR count). The number of carbonyl (C=O) groups excluding carboxylic acids is 1. The Balaban J connectivity index is 1.73. The molecule has 1 unspecified atom stereocenters. The number of rotatable bonds is 7. The molecule has 1 aromatic rings. The molecule has 5 heteroatoms. The van der Waals surface area contributed by atoms with Crippen molar-refractivity contribution in [3.05, 3.63) is 35.9 Å². The Labute approximate surface area is 131 Å². The average molecular weight is 307 g/mol. The Bertz CT molecular complexity index is 440. The predicted octanol–water partition coefficient (Wildman–Crippen LogP) is 1.46. The van der Waals surface area contributed by atoms with Crippen LogP contribution in [-0.4, -0.2) is 48.0 Å². The summed E-state index contributed by atoms with van der Waals surface area (Å²) < 4.78 is 0. The third-order valence-corrected chi connectivity index (χ3v) is 4.48. The highest BCUT2D eigenvalue weighted by molar-refractivity contribution is 7.98. The molecule has 1 aliphatic heterocycles. The molecule has 0 aliphatic carbocycles. The van der Waals surface area contributed by atoms with E-state index in [1.165, 1.54) is 5.56 Å². The van der Waals surface area contributed by atoms with Crippen molar-refractivity contribution in [1.82, 2.24) is 10.2 Å². The van der Waals surface area contributed by atoms with Crippen molar-refractivity contribution in [2.45, 2.75) is 31.5 Å². The van der Waals surface area contributed by atoms with E-state index >= 15 is 0 Å². The molecule has 2 atom stereocenters. The number of benzene rings is 1. The van der Waals surface area contributed by atoms with Crippen molar-refractivity contribution >= 4 is 17.7 Å². The first-order chi connectivity index (χ1) is 10.2. The number of likely N-dealkylation sites (tertiary alicyclic amines) is 1. The van der Waals surface area contributed by atoms with Crippen LogP contribution in [0.4, 0.5) is 0 Å². The summed E-state index contributed by atoms with van der Waals surface area (Å²) in [4.78, 5) is 14.4. The molecule has 0 saturated carbocycles. The first-order valence-corrected chi connectivity index (χ1v) is 8.89. The first-order valence-electron chi connectivity index (χ1n) is 7.50. The summed E-state index contributed by atoms with van der Waals surface area (Å²) in [6.45, 7) is 2.89. The van der Waals surface area contributed by atoms with Crippen molar-refractivity contribution < 1.29 is 4.79 Å². The molecule has 1 fully saturated rings. The molecule has 1 amide bonds. The van der Waals surface area contributed by atoms with Crippen molar-refractivity contribution in [2.24, 2.45) is 5.73 Å². The van der Waals surface area contributed by atoms with Gasteiger partial charge in [-0.15, -0.1) is 0 Å². The van der Waals surface area contributed by atoms with Gasteiger partial charge in [0.15, 0.2) is 0 Å². The van der Waals surface area contributed by atoms with Gasteiger partial charge in [0, 0.05) is 25.7 Å². The number of nitrogens with one attached hydrogen (secondary N) is 1. The molecule has 116 valence electrons. The Morgan fingerprint density at radius 2 is 2.24 bits per heavy atom. The van der Waals surface area contributed by atoms with E-state index < -0.39 is 0 Å². The Morgan fingerprint density at radius 3 is 2.95 bits per heavy atom. The molecule has 21 heavy (non-hydrogen) atoms. The van der Waals surface area contributed by atoms with Gasteiger partial charge in [-0.05, 0) is 30.4 Å². The lowest BCUT2D eigenvalue weighted by Gasteiger charge is -2.18. The zero-order chi connectivity index (χ0) is 15.1. The second-order valence-corrected chi connectivity index (χ2v) is 6.59. The summed E-state index contributed by atoms with van der Waals surface area (Å²) in [6, 6.07) is 10.3. The fraction of sp³-hybridized carbons (Fsp3) is 0.562. The van der Waals surface area contributed by atoms with Crippen LogP contribution in [0.1, 0.15) is 18.4 Å². The zero-order valence-electron chi connectivity index (χ0n) is 12.6. The van der Waals surface area contributed by atoms with Gasteiger partial charge < -0.3 is 11.1 Å². The van der Waals surface area contributed by atoms with Crippen molar-refractivity contribution in [3.63, 3.8) is 0 Å². The van der Waals surface area contributed by atoms with Gasteiger partial charge >= 0.3 is 0 Å². The van der Waals surface area contributed by atoms with E-state index in [0.29, 0.717) is 0 Å². The Kier molecular flexibility index (Phi) is 6.54. The number of nitrogens with zero attached hydrogens (tertiary/aromatic N) is 1. The largest absolute Gasteiger partial charge is 0.351 e. The fourth-order valence-corrected chi connectivity index (χ4v) is 3.11. The van der Waals surface area contributed by atoms with E-state index in [9.17, 15) is 4.79 Å². The van der Waals surface area contributed by atoms with Crippen LogP contribution in [0.25, 0.3) is 0 Å². The molecule has 3 N–H and O–H groups in total. The van der Waals surface area contributed by atoms with Crippen LogP contribution in [0.15, 0.2) is 30.3 Å². The van der Waals surface area contributed by atoms with Gasteiger partial charge in [0.05, 0.1) is 6.04 Å². The Morgan fingerprint density at radius 1 is 1.48 bits per heavy atom. The monoisotopic (exact) mass is 307 g/mol. The Hall–Kier alpha value is -1.04. The zero-order valence-corrected chi connectivity index (χ0v) is 13.4. The summed E-state index contributed by atoms with van der Waals surface area (Å²) >= 11 is 1.72. The van der Waals surface area contributed by atoms with Crippen molar-refractivity contribution in [1.29, 1.82) is 0 Å². The molecule has 1 saturated heterocycles. The standard InChI is InChI=1S/C16H25N3OS/c1-21-10-8-15(17)16(20)18-14-7-9-19(12-14)11-13-5-3-2-4-6-13/h2-6,14-15H,7-12,17H2,1H3,(H,18,20)/t14?,15-/m1/s1. The summed E-state index contributed by atoms with van der Waals surface area (Å²) in [7, 11) is 0. The maximum absolute atomic E-state index is 12.0. The van der Waals surface area contributed by atoms with Crippen LogP contribution in [-0.2, 0) is 11.3 Å². The lowest BCUT2D eigenvalue weighted by Crippen LogP contribution is -2.46. The molecule has 0 radical (unpaired) electrons. The third kappa shape index (κ3) is 5.34. The molecular weight excluding hydrogens is 282 g/mol. The minimum Gasteiger partial charge on any atom is -0.351 e. The lowest BCUT2D eigenvalue weighted by molar-refractivity contribution is -0.123. The van der Waals surface area contributed by atoms with Crippen LogP contribution >= 0.6 is 11.8 Å². The SMILES string of the molecule is CSCC[C@@H](N)C(=O)NC1CCN(Cc2ccccc2)C1. The van der Waals surface area contributed by atoms with Crippen LogP contribution in [0.5, 0.6) is 0 Å². The molecule has 4 nitrogen and oxygen atoms in total. The van der Waals surface area contributed by atoms with E-state index in [1.54, 1.807) is 11.8 Å². The highest BCUT2D eigenvalue weighted by Crippen LogP contribution is 2.13. The van der Waals surface area contributed by atoms with Crippen molar-refractivity contribution in [2.75, 3.05) is 25.1 Å².